The van der Waals surface area contributed by atoms with Gasteiger partial charge in [-0.2, -0.15) is 0 Å². The number of carbonyl (C=O) groups excluding carboxylic acids is 1. The van der Waals surface area contributed by atoms with E-state index in [0.29, 0.717) is 26.3 Å². The lowest BCUT2D eigenvalue weighted by Crippen LogP contribution is -2.32. The molecule has 0 bridgehead atoms. The van der Waals surface area contributed by atoms with Crippen LogP contribution in [0.1, 0.15) is 21.5 Å². The van der Waals surface area contributed by atoms with Crippen LogP contribution in [0.4, 0.5) is 11.4 Å². The van der Waals surface area contributed by atoms with Crippen LogP contribution in [0.5, 0.6) is 0 Å². The summed E-state index contributed by atoms with van der Waals surface area (Å²) in [6.45, 7) is 1.86. The molecule has 0 atom stereocenters. The molecule has 1 amide bonds. The molecular weight excluding hydrogens is 539 g/mol. The Hall–Kier alpha value is -3.03. The minimum atomic E-state index is -4.05. The molecule has 1 N–H and O–H groups in total. The smallest absolute Gasteiger partial charge is 0.264 e. The van der Waals surface area contributed by atoms with E-state index >= 15 is 0 Å². The molecule has 0 saturated heterocycles. The Morgan fingerprint density at radius 2 is 1.47 bits per heavy atom. The Balaban J connectivity index is 1.80. The van der Waals surface area contributed by atoms with Crippen LogP contribution in [-0.4, -0.2) is 14.3 Å². The molecule has 0 aliphatic heterocycles. The van der Waals surface area contributed by atoms with Gasteiger partial charge in [-0.3, -0.25) is 9.10 Å². The maximum Gasteiger partial charge on any atom is 0.264 e. The lowest BCUT2D eigenvalue weighted by Gasteiger charge is -2.27. The van der Waals surface area contributed by atoms with Crippen LogP contribution >= 0.6 is 34.8 Å². The van der Waals surface area contributed by atoms with Gasteiger partial charge in [-0.25, -0.2) is 8.42 Å². The molecule has 0 radical (unpaired) electrons. The average molecular weight is 560 g/mol. The second kappa shape index (κ2) is 10.9. The van der Waals surface area contributed by atoms with E-state index in [1.165, 1.54) is 10.4 Å². The van der Waals surface area contributed by atoms with E-state index in [4.69, 9.17) is 34.8 Å². The van der Waals surface area contributed by atoms with E-state index in [-0.39, 0.29) is 22.7 Å². The largest absolute Gasteiger partial charge is 0.321 e. The van der Waals surface area contributed by atoms with Crippen LogP contribution in [0.3, 0.4) is 0 Å². The number of rotatable bonds is 7. The summed E-state index contributed by atoms with van der Waals surface area (Å²) in [7, 11) is -4.05. The van der Waals surface area contributed by atoms with Gasteiger partial charge >= 0.3 is 0 Å². The van der Waals surface area contributed by atoms with Crippen molar-refractivity contribution in [3.63, 3.8) is 0 Å². The molecule has 0 spiro atoms. The monoisotopic (exact) mass is 558 g/mol. The van der Waals surface area contributed by atoms with Crippen molar-refractivity contribution >= 4 is 62.1 Å². The van der Waals surface area contributed by atoms with Gasteiger partial charge in [0.05, 0.1) is 33.4 Å². The van der Waals surface area contributed by atoms with Crippen LogP contribution < -0.4 is 9.62 Å². The number of nitrogens with zero attached hydrogens (tertiary/aromatic N) is 1. The first-order valence-corrected chi connectivity index (χ1v) is 13.4. The Labute approximate surface area is 225 Å². The summed E-state index contributed by atoms with van der Waals surface area (Å²) in [4.78, 5) is 13.5. The Morgan fingerprint density at radius 3 is 2.17 bits per heavy atom. The molecule has 4 rings (SSSR count). The predicted octanol–water partition coefficient (Wildman–Crippen LogP) is 7.60. The van der Waals surface area contributed by atoms with Crippen molar-refractivity contribution in [2.45, 2.75) is 18.4 Å². The van der Waals surface area contributed by atoms with E-state index in [9.17, 15) is 13.2 Å². The van der Waals surface area contributed by atoms with Crippen LogP contribution in [0.15, 0.2) is 95.9 Å². The molecule has 4 aromatic carbocycles. The summed E-state index contributed by atoms with van der Waals surface area (Å²) in [5.74, 6) is -0.532. The molecule has 36 heavy (non-hydrogen) atoms. The van der Waals surface area contributed by atoms with Crippen molar-refractivity contribution in [2.75, 3.05) is 9.62 Å². The van der Waals surface area contributed by atoms with Gasteiger partial charge in [-0.05, 0) is 67.1 Å². The lowest BCUT2D eigenvalue weighted by molar-refractivity contribution is 0.102. The Bertz CT molecular complexity index is 1510. The normalized spacial score (nSPS) is 11.2. The van der Waals surface area contributed by atoms with Crippen molar-refractivity contribution in [1.82, 2.24) is 0 Å². The average Bonchev–Trinajstić information content (AvgIpc) is 2.86. The summed E-state index contributed by atoms with van der Waals surface area (Å²) in [6, 6.07) is 24.6. The maximum atomic E-state index is 13.9. The molecule has 4 aromatic rings. The molecule has 184 valence electrons. The standard InChI is InChI=1S/C27H21Cl3N2O3S/c1-18-6-13-22(14-7-18)36(34,35)32(17-19-8-10-20(28)11-9-19)26-5-3-2-4-23(26)27(33)31-25-16-21(29)12-15-24(25)30/h2-16H,17H2,1H3,(H,31,33). The van der Waals surface area contributed by atoms with Crippen molar-refractivity contribution in [3.05, 3.63) is 123 Å². The minimum absolute atomic E-state index is 0.0183. The minimum Gasteiger partial charge on any atom is -0.321 e. The van der Waals surface area contributed by atoms with Crippen molar-refractivity contribution in [3.8, 4) is 0 Å². The van der Waals surface area contributed by atoms with Gasteiger partial charge in [0, 0.05) is 10.0 Å². The molecule has 0 heterocycles. The number of amides is 1. The molecule has 0 aliphatic carbocycles. The third-order valence-corrected chi connectivity index (χ3v) is 8.03. The summed E-state index contributed by atoms with van der Waals surface area (Å²) in [6.07, 6.45) is 0. The highest BCUT2D eigenvalue weighted by atomic mass is 35.5. The summed E-state index contributed by atoms with van der Waals surface area (Å²) < 4.78 is 29.0. The Morgan fingerprint density at radius 1 is 0.833 bits per heavy atom. The van der Waals surface area contributed by atoms with Crippen LogP contribution in [0.25, 0.3) is 0 Å². The van der Waals surface area contributed by atoms with Crippen LogP contribution in [0.2, 0.25) is 15.1 Å². The molecule has 5 nitrogen and oxygen atoms in total. The summed E-state index contributed by atoms with van der Waals surface area (Å²) >= 11 is 18.3. The fraction of sp³-hybridized carbons (Fsp3) is 0.0741. The third-order valence-electron chi connectivity index (χ3n) is 5.44. The predicted molar refractivity (Wildman–Crippen MR) is 147 cm³/mol. The van der Waals surface area contributed by atoms with Gasteiger partial charge in [0.15, 0.2) is 0 Å². The number of benzene rings is 4. The summed E-state index contributed by atoms with van der Waals surface area (Å²) in [5.41, 5.74) is 2.30. The van der Waals surface area contributed by atoms with Crippen molar-refractivity contribution < 1.29 is 13.2 Å². The number of para-hydroxylation sites is 1. The second-order valence-electron chi connectivity index (χ2n) is 8.05. The number of hydrogen-bond donors (Lipinski definition) is 1. The van der Waals surface area contributed by atoms with Gasteiger partial charge in [0.1, 0.15) is 0 Å². The Kier molecular flexibility index (Phi) is 7.91. The number of aryl methyl sites for hydroxylation is 1. The van der Waals surface area contributed by atoms with E-state index in [1.807, 2.05) is 6.92 Å². The molecule has 9 heteroatoms. The molecular formula is C27H21Cl3N2O3S. The molecule has 0 saturated carbocycles. The lowest BCUT2D eigenvalue weighted by atomic mass is 10.1. The number of anilines is 2. The highest BCUT2D eigenvalue weighted by Crippen LogP contribution is 2.32. The number of hydrogen-bond acceptors (Lipinski definition) is 3. The molecule has 0 aliphatic rings. The quantitative estimate of drug-likeness (QED) is 0.253. The number of nitrogens with one attached hydrogen (secondary N) is 1. The van der Waals surface area contributed by atoms with E-state index in [0.717, 1.165) is 5.56 Å². The first kappa shape index (κ1) is 26.0. The number of sulfonamides is 1. The number of carbonyl (C=O) groups is 1. The second-order valence-corrected chi connectivity index (χ2v) is 11.2. The SMILES string of the molecule is Cc1ccc(S(=O)(=O)N(Cc2ccc(Cl)cc2)c2ccccc2C(=O)Nc2cc(Cl)ccc2Cl)cc1. The first-order valence-electron chi connectivity index (χ1n) is 10.8. The molecule has 0 unspecified atom stereocenters. The van der Waals surface area contributed by atoms with Gasteiger partial charge in [0.25, 0.3) is 15.9 Å². The van der Waals surface area contributed by atoms with E-state index in [1.54, 1.807) is 84.9 Å². The topological polar surface area (TPSA) is 66.5 Å². The van der Waals surface area contributed by atoms with Crippen LogP contribution in [-0.2, 0) is 16.6 Å². The fourth-order valence-electron chi connectivity index (χ4n) is 3.56. The van der Waals surface area contributed by atoms with Crippen LogP contribution in [0, 0.1) is 6.92 Å². The highest BCUT2D eigenvalue weighted by Gasteiger charge is 2.29. The van der Waals surface area contributed by atoms with Crippen molar-refractivity contribution in [2.24, 2.45) is 0 Å². The summed E-state index contributed by atoms with van der Waals surface area (Å²) in [5, 5.41) is 3.97. The molecule has 0 fully saturated rings. The highest BCUT2D eigenvalue weighted by molar-refractivity contribution is 7.92. The van der Waals surface area contributed by atoms with E-state index < -0.39 is 15.9 Å². The van der Waals surface area contributed by atoms with Gasteiger partial charge < -0.3 is 5.32 Å². The maximum absolute atomic E-state index is 13.9. The van der Waals surface area contributed by atoms with Gasteiger partial charge in [-0.15, -0.1) is 0 Å². The van der Waals surface area contributed by atoms with Gasteiger partial charge in [-0.1, -0.05) is 76.8 Å². The zero-order valence-corrected chi connectivity index (χ0v) is 22.2. The van der Waals surface area contributed by atoms with Crippen molar-refractivity contribution in [1.29, 1.82) is 0 Å². The number of halogens is 3. The van der Waals surface area contributed by atoms with Gasteiger partial charge in [0.2, 0.25) is 0 Å². The fourth-order valence-corrected chi connectivity index (χ4v) is 5.49. The molecule has 0 aromatic heterocycles. The zero-order valence-electron chi connectivity index (χ0n) is 19.1. The first-order chi connectivity index (χ1) is 17.1. The van der Waals surface area contributed by atoms with E-state index in [2.05, 4.69) is 5.32 Å². The third kappa shape index (κ3) is 5.85. The zero-order chi connectivity index (χ0) is 25.9.